The first kappa shape index (κ1) is 7.60. The zero-order chi connectivity index (χ0) is 7.61. The van der Waals surface area contributed by atoms with Crippen molar-refractivity contribution >= 4 is 8.24 Å². The Morgan fingerprint density at radius 2 is 1.90 bits per heavy atom. The first-order chi connectivity index (χ1) is 4.61. The van der Waals surface area contributed by atoms with Gasteiger partial charge in [0.15, 0.2) is 0 Å². The number of nitrogens with zero attached hydrogens (tertiary/aromatic N) is 1. The minimum absolute atomic E-state index is 1.06. The van der Waals surface area contributed by atoms with Crippen LogP contribution in [0.1, 0.15) is 0 Å². The summed E-state index contributed by atoms with van der Waals surface area (Å²) in [6.45, 7) is 8.18. The average molecular weight is 153 g/mol. The molecule has 10 heavy (non-hydrogen) atoms. The van der Waals surface area contributed by atoms with E-state index in [1.165, 1.54) is 0 Å². The van der Waals surface area contributed by atoms with Gasteiger partial charge < -0.3 is 4.57 Å². The molecule has 0 unspecified atom stereocenters. The molecule has 0 N–H and O–H groups in total. The molecule has 2 heteroatoms. The molecular formula is C8H15NSi. The molecule has 0 atom stereocenters. The highest BCUT2D eigenvalue weighted by Crippen LogP contribution is 2.11. The molecule has 0 aromatic rings. The van der Waals surface area contributed by atoms with Crippen LogP contribution >= 0.6 is 0 Å². The maximum atomic E-state index is 2.45. The minimum Gasteiger partial charge on any atom is -0.400 e. The Morgan fingerprint density at radius 3 is 2.20 bits per heavy atom. The average Bonchev–Trinajstić information content (AvgIpc) is 1.88. The van der Waals surface area contributed by atoms with Crippen LogP contribution in [0.4, 0.5) is 0 Å². The van der Waals surface area contributed by atoms with E-state index in [-0.39, 0.29) is 0 Å². The first-order valence-electron chi connectivity index (χ1n) is 3.71. The van der Waals surface area contributed by atoms with E-state index in [0.29, 0.717) is 0 Å². The highest BCUT2D eigenvalue weighted by molar-refractivity contribution is 6.73. The summed E-state index contributed by atoms with van der Waals surface area (Å²) >= 11 is 0. The van der Waals surface area contributed by atoms with Crippen LogP contribution in [0.15, 0.2) is 24.4 Å². The van der Waals surface area contributed by atoms with Crippen LogP contribution in [0.2, 0.25) is 19.6 Å². The van der Waals surface area contributed by atoms with Gasteiger partial charge in [-0.15, -0.1) is 0 Å². The van der Waals surface area contributed by atoms with Crippen LogP contribution in [0, 0.1) is 0 Å². The highest BCUT2D eigenvalue weighted by Gasteiger charge is 2.19. The smallest absolute Gasteiger partial charge is 0.147 e. The van der Waals surface area contributed by atoms with Crippen molar-refractivity contribution in [3.63, 3.8) is 0 Å². The van der Waals surface area contributed by atoms with Crippen LogP contribution in [-0.2, 0) is 0 Å². The van der Waals surface area contributed by atoms with Gasteiger partial charge in [-0.3, -0.25) is 0 Å². The fourth-order valence-electron chi connectivity index (χ4n) is 0.965. The number of rotatable bonds is 1. The lowest BCUT2D eigenvalue weighted by molar-refractivity contribution is 0.620. The maximum absolute atomic E-state index is 2.45. The van der Waals surface area contributed by atoms with Gasteiger partial charge in [-0.25, -0.2) is 0 Å². The summed E-state index contributed by atoms with van der Waals surface area (Å²) in [5, 5.41) is 0. The Morgan fingerprint density at radius 1 is 1.20 bits per heavy atom. The van der Waals surface area contributed by atoms with Gasteiger partial charge in [-0.1, -0.05) is 31.8 Å². The lowest BCUT2D eigenvalue weighted by Crippen LogP contribution is -2.42. The molecule has 0 aromatic heterocycles. The molecule has 1 aliphatic rings. The molecule has 0 amide bonds. The van der Waals surface area contributed by atoms with Gasteiger partial charge >= 0.3 is 0 Å². The topological polar surface area (TPSA) is 3.24 Å². The Labute approximate surface area is 64.1 Å². The Bertz CT molecular complexity index is 165. The summed E-state index contributed by atoms with van der Waals surface area (Å²) in [4.78, 5) is 0. The van der Waals surface area contributed by atoms with Crippen molar-refractivity contribution in [1.29, 1.82) is 0 Å². The van der Waals surface area contributed by atoms with Crippen LogP contribution < -0.4 is 0 Å². The minimum atomic E-state index is -1.06. The van der Waals surface area contributed by atoms with Crippen molar-refractivity contribution in [1.82, 2.24) is 4.57 Å². The van der Waals surface area contributed by atoms with E-state index in [2.05, 4.69) is 48.6 Å². The van der Waals surface area contributed by atoms with Gasteiger partial charge in [-0.2, -0.15) is 0 Å². The van der Waals surface area contributed by atoms with Crippen molar-refractivity contribution in [3.05, 3.63) is 24.4 Å². The number of hydrogen-bond donors (Lipinski definition) is 0. The number of hydrogen-bond acceptors (Lipinski definition) is 1. The van der Waals surface area contributed by atoms with Gasteiger partial charge in [-0.05, 0) is 12.3 Å². The van der Waals surface area contributed by atoms with E-state index in [1.807, 2.05) is 0 Å². The molecule has 56 valence electrons. The summed E-state index contributed by atoms with van der Waals surface area (Å²) in [6.07, 6.45) is 8.63. The second-order valence-corrected chi connectivity index (χ2v) is 8.51. The monoisotopic (exact) mass is 153 g/mol. The molecule has 0 saturated carbocycles. The molecule has 0 aliphatic carbocycles. The zero-order valence-electron chi connectivity index (χ0n) is 6.96. The van der Waals surface area contributed by atoms with E-state index in [0.717, 1.165) is 6.54 Å². The van der Waals surface area contributed by atoms with Crippen molar-refractivity contribution in [2.24, 2.45) is 0 Å². The Hall–Kier alpha value is -0.503. The summed E-state index contributed by atoms with van der Waals surface area (Å²) in [6, 6.07) is 0. The van der Waals surface area contributed by atoms with E-state index < -0.39 is 8.24 Å². The molecule has 0 radical (unpaired) electrons. The van der Waals surface area contributed by atoms with Gasteiger partial charge in [0.2, 0.25) is 0 Å². The number of allylic oxidation sites excluding steroid dienone is 2. The van der Waals surface area contributed by atoms with Crippen molar-refractivity contribution in [3.8, 4) is 0 Å². The maximum Gasteiger partial charge on any atom is 0.147 e. The Balaban J connectivity index is 2.60. The largest absolute Gasteiger partial charge is 0.400 e. The predicted octanol–water partition coefficient (Wildman–Crippen LogP) is 2.21. The fraction of sp³-hybridized carbons (Fsp3) is 0.500. The van der Waals surface area contributed by atoms with Gasteiger partial charge in [0, 0.05) is 6.54 Å². The van der Waals surface area contributed by atoms with E-state index in [1.54, 1.807) is 0 Å². The quantitative estimate of drug-likeness (QED) is 0.522. The SMILES string of the molecule is C[Si](C)(C)N1C=CC=CC1. The standard InChI is InChI=1S/C8H15NSi/c1-10(2,3)9-7-5-4-6-8-9/h4-7H,8H2,1-3H3. The van der Waals surface area contributed by atoms with Crippen LogP contribution in [0.3, 0.4) is 0 Å². The summed E-state index contributed by atoms with van der Waals surface area (Å²) in [7, 11) is -1.06. The molecule has 0 saturated heterocycles. The van der Waals surface area contributed by atoms with Crippen LogP contribution in [-0.4, -0.2) is 19.3 Å². The second-order valence-electron chi connectivity index (χ2n) is 3.59. The van der Waals surface area contributed by atoms with Gasteiger partial charge in [0.25, 0.3) is 0 Å². The van der Waals surface area contributed by atoms with Gasteiger partial charge in [0.05, 0.1) is 0 Å². The molecule has 0 fully saturated rings. The van der Waals surface area contributed by atoms with Crippen LogP contribution in [0.5, 0.6) is 0 Å². The third kappa shape index (κ3) is 1.74. The molecular weight excluding hydrogens is 138 g/mol. The molecule has 1 heterocycles. The van der Waals surface area contributed by atoms with Crippen molar-refractivity contribution < 1.29 is 0 Å². The van der Waals surface area contributed by atoms with E-state index in [9.17, 15) is 0 Å². The summed E-state index contributed by atoms with van der Waals surface area (Å²) in [5.41, 5.74) is 0. The summed E-state index contributed by atoms with van der Waals surface area (Å²) < 4.78 is 2.45. The third-order valence-electron chi connectivity index (χ3n) is 1.68. The fourth-order valence-corrected chi connectivity index (χ4v) is 2.15. The molecule has 0 bridgehead atoms. The van der Waals surface area contributed by atoms with Crippen molar-refractivity contribution in [2.45, 2.75) is 19.6 Å². The normalized spacial score (nSPS) is 18.1. The molecule has 1 aliphatic heterocycles. The molecule has 1 rings (SSSR count). The van der Waals surface area contributed by atoms with E-state index in [4.69, 9.17) is 0 Å². The molecule has 0 aromatic carbocycles. The third-order valence-corrected chi connectivity index (χ3v) is 3.73. The lowest BCUT2D eigenvalue weighted by Gasteiger charge is -2.33. The molecule has 0 spiro atoms. The Kier molecular flexibility index (Phi) is 1.99. The highest BCUT2D eigenvalue weighted by atomic mass is 28.3. The second kappa shape index (κ2) is 2.62. The van der Waals surface area contributed by atoms with E-state index >= 15 is 0 Å². The van der Waals surface area contributed by atoms with Crippen LogP contribution in [0.25, 0.3) is 0 Å². The predicted molar refractivity (Wildman–Crippen MR) is 48.3 cm³/mol. The zero-order valence-corrected chi connectivity index (χ0v) is 7.96. The van der Waals surface area contributed by atoms with Crippen molar-refractivity contribution in [2.75, 3.05) is 6.54 Å². The van der Waals surface area contributed by atoms with Gasteiger partial charge in [0.1, 0.15) is 8.24 Å². The lowest BCUT2D eigenvalue weighted by atomic mass is 10.4. The molecule has 1 nitrogen and oxygen atoms in total. The summed E-state index contributed by atoms with van der Waals surface area (Å²) in [5.74, 6) is 0. The first-order valence-corrected chi connectivity index (χ1v) is 7.15.